The number of rotatable bonds is 8. The number of nitrogens with zero attached hydrogens (tertiary/aromatic N) is 1. The molecule has 9 heteroatoms. The van der Waals surface area contributed by atoms with Crippen molar-refractivity contribution in [3.8, 4) is 5.75 Å². The molecule has 2 aromatic rings. The summed E-state index contributed by atoms with van der Waals surface area (Å²) in [5.74, 6) is -0.960. The van der Waals surface area contributed by atoms with Gasteiger partial charge in [0.15, 0.2) is 17.9 Å². The predicted molar refractivity (Wildman–Crippen MR) is 111 cm³/mol. The number of likely N-dealkylation sites (N-methyl/N-ethyl adjacent to an activating group) is 1. The lowest BCUT2D eigenvalue weighted by Gasteiger charge is -2.19. The van der Waals surface area contributed by atoms with Gasteiger partial charge in [-0.1, -0.05) is 0 Å². The summed E-state index contributed by atoms with van der Waals surface area (Å²) in [5, 5.41) is 10.7. The van der Waals surface area contributed by atoms with Crippen LogP contribution in [0.25, 0.3) is 5.57 Å². The number of aldehydes is 1. The first kappa shape index (κ1) is 22.5. The summed E-state index contributed by atoms with van der Waals surface area (Å²) >= 11 is 0. The minimum Gasteiger partial charge on any atom is -0.482 e. The molecule has 0 amide bonds. The highest BCUT2D eigenvalue weighted by Gasteiger charge is 2.21. The van der Waals surface area contributed by atoms with Crippen LogP contribution in [0.2, 0.25) is 0 Å². The number of methoxy groups -OCH3 is 1. The molecule has 0 aliphatic heterocycles. The number of anilines is 1. The Morgan fingerprint density at radius 1 is 1.37 bits per heavy atom. The van der Waals surface area contributed by atoms with Crippen LogP contribution in [0.4, 0.5) is 10.2 Å². The Labute approximate surface area is 173 Å². The van der Waals surface area contributed by atoms with Crippen LogP contribution in [0.15, 0.2) is 36.2 Å². The Morgan fingerprint density at radius 2 is 2.07 bits per heavy atom. The van der Waals surface area contributed by atoms with Crippen LogP contribution < -0.4 is 15.8 Å². The molecule has 1 aromatic heterocycles. The van der Waals surface area contributed by atoms with Crippen molar-refractivity contribution < 1.29 is 23.5 Å². The number of carbonyl (C=O) groups excluding carboxylic acids is 2. The number of nitrogen functional groups attached to an aromatic ring is 1. The number of aromatic nitrogens is 1. The molecule has 4 N–H and O–H groups in total. The van der Waals surface area contributed by atoms with Gasteiger partial charge in [0.2, 0.25) is 0 Å². The van der Waals surface area contributed by atoms with E-state index in [2.05, 4.69) is 10.3 Å². The SMILES string of the molecule is CN/C(C=O)=C(\C(C)=N)c1cnc(N)c(OC(C)c2cc(F)ccc2C(=O)OC)c1. The number of carbonyl (C=O) groups is 2. The Kier molecular flexibility index (Phi) is 7.24. The zero-order valence-electron chi connectivity index (χ0n) is 17.1. The van der Waals surface area contributed by atoms with E-state index in [4.69, 9.17) is 20.6 Å². The number of ether oxygens (including phenoxy) is 2. The molecule has 0 radical (unpaired) electrons. The highest BCUT2D eigenvalue weighted by atomic mass is 19.1. The Balaban J connectivity index is 2.50. The number of hydrogen-bond acceptors (Lipinski definition) is 8. The molecule has 8 nitrogen and oxygen atoms in total. The summed E-state index contributed by atoms with van der Waals surface area (Å²) < 4.78 is 24.4. The maximum Gasteiger partial charge on any atom is 0.338 e. The third-order valence-electron chi connectivity index (χ3n) is 4.36. The standard InChI is InChI=1S/C21H23FN4O4/c1-11(23)19(17(10-27)25-3)13-7-18(20(24)26-9-13)30-12(2)16-8-14(22)5-6-15(16)21(28)29-4/h5-10,12,23,25H,1-4H3,(H2,24,26)/b19-17+,23-11?. The smallest absolute Gasteiger partial charge is 0.338 e. The van der Waals surface area contributed by atoms with Crippen molar-refractivity contribution in [1.29, 1.82) is 5.41 Å². The first-order valence-electron chi connectivity index (χ1n) is 8.96. The fourth-order valence-electron chi connectivity index (χ4n) is 2.92. The zero-order valence-corrected chi connectivity index (χ0v) is 17.1. The average Bonchev–Trinajstić information content (AvgIpc) is 2.72. The minimum absolute atomic E-state index is 0.0562. The molecule has 0 saturated carbocycles. The lowest BCUT2D eigenvalue weighted by atomic mass is 10.0. The molecule has 30 heavy (non-hydrogen) atoms. The van der Waals surface area contributed by atoms with Gasteiger partial charge >= 0.3 is 5.97 Å². The molecule has 0 aliphatic rings. The number of hydrogen-bond donors (Lipinski definition) is 3. The molecule has 0 aliphatic carbocycles. The van der Waals surface area contributed by atoms with E-state index < -0.39 is 17.9 Å². The molecule has 1 heterocycles. The third-order valence-corrected chi connectivity index (χ3v) is 4.36. The maximum atomic E-state index is 13.8. The lowest BCUT2D eigenvalue weighted by Crippen LogP contribution is -2.15. The molecule has 2 rings (SSSR count). The van der Waals surface area contributed by atoms with E-state index in [0.717, 1.165) is 6.07 Å². The molecule has 1 aromatic carbocycles. The van der Waals surface area contributed by atoms with Gasteiger partial charge in [-0.25, -0.2) is 14.2 Å². The molecule has 0 saturated heterocycles. The number of halogens is 1. The van der Waals surface area contributed by atoms with Crippen LogP contribution in [-0.4, -0.2) is 37.1 Å². The monoisotopic (exact) mass is 414 g/mol. The van der Waals surface area contributed by atoms with Gasteiger partial charge in [-0.2, -0.15) is 0 Å². The summed E-state index contributed by atoms with van der Waals surface area (Å²) in [7, 11) is 2.79. The largest absolute Gasteiger partial charge is 0.482 e. The van der Waals surface area contributed by atoms with Crippen molar-refractivity contribution in [2.75, 3.05) is 19.9 Å². The fourth-order valence-corrected chi connectivity index (χ4v) is 2.92. The van der Waals surface area contributed by atoms with Crippen LogP contribution in [0.3, 0.4) is 0 Å². The highest BCUT2D eigenvalue weighted by Crippen LogP contribution is 2.31. The van der Waals surface area contributed by atoms with Crippen LogP contribution in [0, 0.1) is 11.2 Å². The van der Waals surface area contributed by atoms with E-state index in [-0.39, 0.29) is 34.1 Å². The summed E-state index contributed by atoms with van der Waals surface area (Å²) in [6, 6.07) is 5.19. The van der Waals surface area contributed by atoms with Crippen molar-refractivity contribution in [3.05, 3.63) is 58.7 Å². The molecule has 0 bridgehead atoms. The third kappa shape index (κ3) is 4.80. The van der Waals surface area contributed by atoms with Crippen LogP contribution in [-0.2, 0) is 9.53 Å². The van der Waals surface area contributed by atoms with E-state index in [1.54, 1.807) is 14.0 Å². The van der Waals surface area contributed by atoms with Crippen molar-refractivity contribution >= 4 is 29.4 Å². The Morgan fingerprint density at radius 3 is 2.63 bits per heavy atom. The van der Waals surface area contributed by atoms with Crippen molar-refractivity contribution in [2.45, 2.75) is 20.0 Å². The maximum absolute atomic E-state index is 13.8. The number of pyridine rings is 1. The van der Waals surface area contributed by atoms with Crippen LogP contribution in [0.1, 0.15) is 41.4 Å². The second-order valence-electron chi connectivity index (χ2n) is 6.37. The Bertz CT molecular complexity index is 1020. The number of benzene rings is 1. The Hall–Kier alpha value is -3.75. The summed E-state index contributed by atoms with van der Waals surface area (Å²) in [5.41, 5.74) is 7.46. The minimum atomic E-state index is -0.780. The normalized spacial score (nSPS) is 12.4. The molecule has 0 spiro atoms. The molecule has 1 atom stereocenters. The van der Waals surface area contributed by atoms with Gasteiger partial charge in [-0.05, 0) is 38.1 Å². The fraction of sp³-hybridized carbons (Fsp3) is 0.238. The molecule has 1 unspecified atom stereocenters. The van der Waals surface area contributed by atoms with Gasteiger partial charge in [-0.15, -0.1) is 0 Å². The number of nitrogens with one attached hydrogen (secondary N) is 2. The summed E-state index contributed by atoms with van der Waals surface area (Å²) in [4.78, 5) is 27.5. The topological polar surface area (TPSA) is 127 Å². The second-order valence-corrected chi connectivity index (χ2v) is 6.37. The number of esters is 1. The number of nitrogens with two attached hydrogens (primary N) is 1. The van der Waals surface area contributed by atoms with Crippen molar-refractivity contribution in [1.82, 2.24) is 10.3 Å². The first-order valence-corrected chi connectivity index (χ1v) is 8.96. The van der Waals surface area contributed by atoms with E-state index in [0.29, 0.717) is 17.4 Å². The second kappa shape index (κ2) is 9.64. The summed E-state index contributed by atoms with van der Waals surface area (Å²) in [6.45, 7) is 3.15. The van der Waals surface area contributed by atoms with Gasteiger partial charge in [0.05, 0.1) is 18.4 Å². The molecular formula is C21H23FN4O4. The van der Waals surface area contributed by atoms with E-state index in [9.17, 15) is 14.0 Å². The van der Waals surface area contributed by atoms with Crippen LogP contribution in [0.5, 0.6) is 5.75 Å². The van der Waals surface area contributed by atoms with E-state index in [1.807, 2.05) is 0 Å². The number of allylic oxidation sites excluding steroid dienone is 2. The lowest BCUT2D eigenvalue weighted by molar-refractivity contribution is -0.105. The molecule has 158 valence electrons. The molecular weight excluding hydrogens is 391 g/mol. The zero-order chi connectivity index (χ0) is 22.4. The van der Waals surface area contributed by atoms with Gasteiger partial charge in [0.1, 0.15) is 11.9 Å². The predicted octanol–water partition coefficient (Wildman–Crippen LogP) is 2.90. The van der Waals surface area contributed by atoms with Crippen molar-refractivity contribution in [2.24, 2.45) is 0 Å². The molecule has 0 fully saturated rings. The first-order chi connectivity index (χ1) is 14.2. The quantitative estimate of drug-likeness (QED) is 0.262. The van der Waals surface area contributed by atoms with Crippen LogP contribution >= 0.6 is 0 Å². The van der Waals surface area contributed by atoms with Gasteiger partial charge < -0.3 is 25.9 Å². The highest BCUT2D eigenvalue weighted by molar-refractivity contribution is 6.24. The van der Waals surface area contributed by atoms with Crippen molar-refractivity contribution in [3.63, 3.8) is 0 Å². The average molecular weight is 414 g/mol. The summed E-state index contributed by atoms with van der Waals surface area (Å²) in [6.07, 6.45) is 1.24. The van der Waals surface area contributed by atoms with Gasteiger partial charge in [0.25, 0.3) is 0 Å². The van der Waals surface area contributed by atoms with Gasteiger partial charge in [-0.3, -0.25) is 4.79 Å². The van der Waals surface area contributed by atoms with E-state index in [1.165, 1.54) is 38.4 Å². The van der Waals surface area contributed by atoms with E-state index >= 15 is 0 Å². The van der Waals surface area contributed by atoms with Gasteiger partial charge in [0, 0.05) is 35.7 Å².